The zero-order chi connectivity index (χ0) is 18.7. The van der Waals surface area contributed by atoms with Crippen molar-refractivity contribution in [1.29, 1.82) is 0 Å². The van der Waals surface area contributed by atoms with Crippen LogP contribution in [0.3, 0.4) is 0 Å². The zero-order valence-electron chi connectivity index (χ0n) is 17.2. The Bertz CT molecular complexity index is 594. The molecule has 0 heterocycles. The van der Waals surface area contributed by atoms with Crippen molar-refractivity contribution in [3.63, 3.8) is 0 Å². The molecule has 0 saturated heterocycles. The van der Waals surface area contributed by atoms with Crippen molar-refractivity contribution in [3.8, 4) is 11.5 Å². The first-order valence-corrected chi connectivity index (χ1v) is 9.65. The quantitative estimate of drug-likeness (QED) is 0.519. The molecule has 0 bridgehead atoms. The normalized spacial score (nSPS) is 11.8. The Balaban J connectivity index is 2.44. The third-order valence-electron chi connectivity index (χ3n) is 4.80. The van der Waals surface area contributed by atoms with Gasteiger partial charge in [0, 0.05) is 0 Å². The van der Waals surface area contributed by atoms with E-state index in [4.69, 9.17) is 4.74 Å². The number of hydrogen-bond acceptors (Lipinski definition) is 1. The fourth-order valence-electron chi connectivity index (χ4n) is 2.88. The van der Waals surface area contributed by atoms with E-state index in [1.54, 1.807) is 0 Å². The molecule has 136 valence electrons. The summed E-state index contributed by atoms with van der Waals surface area (Å²) in [4.78, 5) is 0. The smallest absolute Gasteiger partial charge is 0.127 e. The van der Waals surface area contributed by atoms with E-state index in [-0.39, 0.29) is 0 Å². The lowest BCUT2D eigenvalue weighted by molar-refractivity contribution is 0.478. The van der Waals surface area contributed by atoms with Crippen molar-refractivity contribution < 1.29 is 4.74 Å². The standard InChI is InChI=1S/C24H34O/c1-15(2)19-9-20(16(3)4)12-23(11-19)25-24-13-21(17(5)6)10-22(14-24)18(7)8/h9-18H,1-8H3. The minimum Gasteiger partial charge on any atom is -0.457 e. The Hall–Kier alpha value is -1.76. The van der Waals surface area contributed by atoms with E-state index in [1.165, 1.54) is 22.3 Å². The summed E-state index contributed by atoms with van der Waals surface area (Å²) in [5, 5.41) is 0. The molecule has 2 rings (SSSR count). The van der Waals surface area contributed by atoms with Crippen molar-refractivity contribution in [1.82, 2.24) is 0 Å². The van der Waals surface area contributed by atoms with Gasteiger partial charge >= 0.3 is 0 Å². The topological polar surface area (TPSA) is 9.23 Å². The van der Waals surface area contributed by atoms with Gasteiger partial charge in [-0.1, -0.05) is 67.5 Å². The second-order valence-electron chi connectivity index (χ2n) is 8.39. The van der Waals surface area contributed by atoms with Crippen LogP contribution in [0.1, 0.15) is 101 Å². The van der Waals surface area contributed by atoms with Gasteiger partial charge in [0.2, 0.25) is 0 Å². The van der Waals surface area contributed by atoms with Crippen molar-refractivity contribution in [2.75, 3.05) is 0 Å². The first-order valence-electron chi connectivity index (χ1n) is 9.65. The Morgan fingerprint density at radius 2 is 0.680 bits per heavy atom. The average molecular weight is 339 g/mol. The van der Waals surface area contributed by atoms with Gasteiger partial charge < -0.3 is 4.74 Å². The molecule has 2 aromatic carbocycles. The maximum absolute atomic E-state index is 6.34. The first kappa shape index (κ1) is 19.6. The predicted octanol–water partition coefficient (Wildman–Crippen LogP) is 7.97. The van der Waals surface area contributed by atoms with Crippen LogP contribution in [-0.4, -0.2) is 0 Å². The second-order valence-corrected chi connectivity index (χ2v) is 8.39. The van der Waals surface area contributed by atoms with Crippen molar-refractivity contribution in [3.05, 3.63) is 58.7 Å². The van der Waals surface area contributed by atoms with Gasteiger partial charge in [-0.2, -0.15) is 0 Å². The van der Waals surface area contributed by atoms with Crippen LogP contribution in [0.15, 0.2) is 36.4 Å². The number of ether oxygens (including phenoxy) is 1. The molecule has 0 unspecified atom stereocenters. The van der Waals surface area contributed by atoms with Gasteiger partial charge in [0.15, 0.2) is 0 Å². The van der Waals surface area contributed by atoms with Gasteiger partial charge in [-0.05, 0) is 70.2 Å². The van der Waals surface area contributed by atoms with Gasteiger partial charge in [0.25, 0.3) is 0 Å². The van der Waals surface area contributed by atoms with Crippen LogP contribution in [0, 0.1) is 0 Å². The molecular formula is C24H34O. The molecule has 0 radical (unpaired) electrons. The molecule has 1 nitrogen and oxygen atoms in total. The Morgan fingerprint density at radius 1 is 0.440 bits per heavy atom. The molecule has 25 heavy (non-hydrogen) atoms. The molecule has 0 aliphatic rings. The minimum absolute atomic E-state index is 0.495. The molecular weight excluding hydrogens is 304 g/mol. The molecule has 0 spiro atoms. The highest BCUT2D eigenvalue weighted by Gasteiger charge is 2.11. The monoisotopic (exact) mass is 338 g/mol. The Labute approximate surface area is 154 Å². The molecule has 0 aliphatic heterocycles. The maximum atomic E-state index is 6.34. The lowest BCUT2D eigenvalue weighted by Gasteiger charge is -2.17. The van der Waals surface area contributed by atoms with Crippen molar-refractivity contribution >= 4 is 0 Å². The maximum Gasteiger partial charge on any atom is 0.127 e. The van der Waals surface area contributed by atoms with E-state index in [2.05, 4.69) is 91.8 Å². The highest BCUT2D eigenvalue weighted by Crippen LogP contribution is 2.33. The largest absolute Gasteiger partial charge is 0.457 e. The highest BCUT2D eigenvalue weighted by atomic mass is 16.5. The van der Waals surface area contributed by atoms with Crippen molar-refractivity contribution in [2.45, 2.75) is 79.1 Å². The van der Waals surface area contributed by atoms with E-state index in [9.17, 15) is 0 Å². The van der Waals surface area contributed by atoms with Gasteiger partial charge in [-0.25, -0.2) is 0 Å². The average Bonchev–Trinajstić information content (AvgIpc) is 2.53. The van der Waals surface area contributed by atoms with Crippen LogP contribution in [0.2, 0.25) is 0 Å². The van der Waals surface area contributed by atoms with E-state index in [0.717, 1.165) is 11.5 Å². The van der Waals surface area contributed by atoms with E-state index < -0.39 is 0 Å². The fraction of sp³-hybridized carbons (Fsp3) is 0.500. The molecule has 0 aromatic heterocycles. The van der Waals surface area contributed by atoms with E-state index in [1.807, 2.05) is 0 Å². The molecule has 2 aromatic rings. The Morgan fingerprint density at radius 3 is 0.880 bits per heavy atom. The molecule has 1 heteroatoms. The van der Waals surface area contributed by atoms with Crippen LogP contribution in [0.5, 0.6) is 11.5 Å². The lowest BCUT2D eigenvalue weighted by Crippen LogP contribution is -1.98. The molecule has 0 atom stereocenters. The summed E-state index contributed by atoms with van der Waals surface area (Å²) in [6.45, 7) is 17.9. The van der Waals surface area contributed by atoms with Crippen LogP contribution in [0.4, 0.5) is 0 Å². The predicted molar refractivity (Wildman–Crippen MR) is 109 cm³/mol. The summed E-state index contributed by atoms with van der Waals surface area (Å²) >= 11 is 0. The first-order chi connectivity index (χ1) is 11.7. The lowest BCUT2D eigenvalue weighted by atomic mass is 9.95. The molecule has 0 saturated carbocycles. The number of rotatable bonds is 6. The highest BCUT2D eigenvalue weighted by molar-refractivity contribution is 5.43. The van der Waals surface area contributed by atoms with Crippen LogP contribution >= 0.6 is 0 Å². The molecule has 0 N–H and O–H groups in total. The van der Waals surface area contributed by atoms with Gasteiger partial charge in [0.05, 0.1) is 0 Å². The Kier molecular flexibility index (Phi) is 6.32. The van der Waals surface area contributed by atoms with E-state index >= 15 is 0 Å². The summed E-state index contributed by atoms with van der Waals surface area (Å²) in [6, 6.07) is 13.4. The van der Waals surface area contributed by atoms with Crippen LogP contribution in [-0.2, 0) is 0 Å². The van der Waals surface area contributed by atoms with Crippen LogP contribution < -0.4 is 4.74 Å². The summed E-state index contributed by atoms with van der Waals surface area (Å²) in [6.07, 6.45) is 0. The minimum atomic E-state index is 0.495. The second kappa shape index (κ2) is 8.08. The molecule has 0 amide bonds. The van der Waals surface area contributed by atoms with Crippen LogP contribution in [0.25, 0.3) is 0 Å². The van der Waals surface area contributed by atoms with Gasteiger partial charge in [-0.15, -0.1) is 0 Å². The van der Waals surface area contributed by atoms with Gasteiger partial charge in [0.1, 0.15) is 11.5 Å². The summed E-state index contributed by atoms with van der Waals surface area (Å²) in [5.74, 6) is 3.88. The summed E-state index contributed by atoms with van der Waals surface area (Å²) < 4.78 is 6.34. The number of hydrogen-bond donors (Lipinski definition) is 0. The van der Waals surface area contributed by atoms with Gasteiger partial charge in [-0.3, -0.25) is 0 Å². The SMILES string of the molecule is CC(C)c1cc(Oc2cc(C(C)C)cc(C(C)C)c2)cc(C(C)C)c1. The molecule has 0 aliphatic carbocycles. The zero-order valence-corrected chi connectivity index (χ0v) is 17.2. The number of benzene rings is 2. The van der Waals surface area contributed by atoms with Crippen molar-refractivity contribution in [2.24, 2.45) is 0 Å². The third kappa shape index (κ3) is 5.11. The third-order valence-corrected chi connectivity index (χ3v) is 4.80. The fourth-order valence-corrected chi connectivity index (χ4v) is 2.88. The summed E-state index contributed by atoms with van der Waals surface area (Å²) in [7, 11) is 0. The summed E-state index contributed by atoms with van der Waals surface area (Å²) in [5.41, 5.74) is 5.35. The molecule has 0 fully saturated rings. The van der Waals surface area contributed by atoms with E-state index in [0.29, 0.717) is 23.7 Å².